The number of para-hydroxylation sites is 2. The molecule has 0 spiro atoms. The van der Waals surface area contributed by atoms with Crippen molar-refractivity contribution in [1.29, 1.82) is 0 Å². The first-order valence-corrected chi connectivity index (χ1v) is 9.60. The molecule has 0 aliphatic carbocycles. The van der Waals surface area contributed by atoms with Crippen LogP contribution in [0, 0.1) is 0 Å². The van der Waals surface area contributed by atoms with Gasteiger partial charge in [0.2, 0.25) is 0 Å². The van der Waals surface area contributed by atoms with Crippen molar-refractivity contribution >= 4 is 45.8 Å². The lowest BCUT2D eigenvalue weighted by Gasteiger charge is -2.06. The Balaban J connectivity index is 1.48. The number of carbonyl (C=O) groups excluding carboxylic acids is 2. The van der Waals surface area contributed by atoms with Crippen molar-refractivity contribution in [3.63, 3.8) is 0 Å². The van der Waals surface area contributed by atoms with Gasteiger partial charge in [0.05, 0.1) is 20.8 Å². The number of thiophene rings is 1. The fraction of sp³-hybridized carbons (Fsp3) is 0.0500. The average molecular weight is 411 g/mol. The lowest BCUT2D eigenvalue weighted by Crippen LogP contribution is -2.41. The van der Waals surface area contributed by atoms with Gasteiger partial charge < -0.3 is 4.57 Å². The summed E-state index contributed by atoms with van der Waals surface area (Å²) in [6.07, 6.45) is 0. The van der Waals surface area contributed by atoms with Crippen LogP contribution in [-0.2, 0) is 7.05 Å². The van der Waals surface area contributed by atoms with Crippen LogP contribution in [0.3, 0.4) is 0 Å². The van der Waals surface area contributed by atoms with Crippen molar-refractivity contribution in [3.05, 3.63) is 76.1 Å². The maximum absolute atomic E-state index is 12.4. The van der Waals surface area contributed by atoms with Gasteiger partial charge in [0.15, 0.2) is 5.82 Å². The van der Waals surface area contributed by atoms with Crippen molar-refractivity contribution in [3.8, 4) is 10.7 Å². The first kappa shape index (κ1) is 18.2. The van der Waals surface area contributed by atoms with Gasteiger partial charge in [-0.25, -0.2) is 4.98 Å². The van der Waals surface area contributed by atoms with Crippen LogP contribution in [0.25, 0.3) is 21.7 Å². The highest BCUT2D eigenvalue weighted by Gasteiger charge is 2.15. The minimum absolute atomic E-state index is 0.361. The second kappa shape index (κ2) is 7.46. The molecule has 0 unspecified atom stereocenters. The van der Waals surface area contributed by atoms with Gasteiger partial charge in [-0.05, 0) is 42.5 Å². The van der Waals surface area contributed by atoms with Crippen LogP contribution >= 0.6 is 22.9 Å². The summed E-state index contributed by atoms with van der Waals surface area (Å²) in [5.74, 6) is -0.0541. The zero-order valence-electron chi connectivity index (χ0n) is 14.8. The predicted octanol–water partition coefficient (Wildman–Crippen LogP) is 4.03. The Morgan fingerprint density at radius 1 is 1.00 bits per heavy atom. The number of benzene rings is 2. The lowest BCUT2D eigenvalue weighted by molar-refractivity contribution is 0.0849. The third kappa shape index (κ3) is 3.49. The first-order chi connectivity index (χ1) is 13.5. The number of hydrogen-bond donors (Lipinski definition) is 2. The Bertz CT molecular complexity index is 1200. The molecule has 28 heavy (non-hydrogen) atoms. The van der Waals surface area contributed by atoms with Crippen LogP contribution in [0.1, 0.15) is 20.0 Å². The predicted molar refractivity (Wildman–Crippen MR) is 110 cm³/mol. The van der Waals surface area contributed by atoms with E-state index in [1.807, 2.05) is 41.9 Å². The third-order valence-corrected chi connectivity index (χ3v) is 5.53. The van der Waals surface area contributed by atoms with E-state index in [1.165, 1.54) is 17.4 Å². The first-order valence-electron chi connectivity index (χ1n) is 8.41. The second-order valence-electron chi connectivity index (χ2n) is 6.07. The van der Waals surface area contributed by atoms with Crippen LogP contribution in [0.15, 0.2) is 60.7 Å². The van der Waals surface area contributed by atoms with E-state index < -0.39 is 11.8 Å². The summed E-state index contributed by atoms with van der Waals surface area (Å²) in [7, 11) is 1.94. The quantitative estimate of drug-likeness (QED) is 0.500. The lowest BCUT2D eigenvalue weighted by atomic mass is 10.2. The molecular formula is C20H15ClN4O2S. The molecule has 0 radical (unpaired) electrons. The van der Waals surface area contributed by atoms with Crippen LogP contribution in [0.2, 0.25) is 5.02 Å². The molecule has 0 saturated heterocycles. The van der Waals surface area contributed by atoms with Gasteiger partial charge in [-0.15, -0.1) is 11.3 Å². The Hall–Kier alpha value is -3.16. The molecule has 6 nitrogen and oxygen atoms in total. The van der Waals surface area contributed by atoms with Crippen LogP contribution < -0.4 is 10.9 Å². The van der Waals surface area contributed by atoms with E-state index in [9.17, 15) is 9.59 Å². The number of fused-ring (bicyclic) bond motifs is 1. The minimum atomic E-state index is -0.442. The molecule has 0 saturated carbocycles. The molecule has 4 aromatic rings. The van der Waals surface area contributed by atoms with E-state index >= 15 is 0 Å². The number of nitrogens with zero attached hydrogens (tertiary/aromatic N) is 2. The van der Waals surface area contributed by atoms with E-state index in [1.54, 1.807) is 24.3 Å². The summed E-state index contributed by atoms with van der Waals surface area (Å²) in [5.41, 5.74) is 7.10. The number of hydrazine groups is 1. The van der Waals surface area contributed by atoms with Crippen molar-refractivity contribution < 1.29 is 9.59 Å². The minimum Gasteiger partial charge on any atom is -0.326 e. The van der Waals surface area contributed by atoms with Gasteiger partial charge in [0.1, 0.15) is 0 Å². The van der Waals surface area contributed by atoms with Gasteiger partial charge in [0, 0.05) is 17.6 Å². The summed E-state index contributed by atoms with van der Waals surface area (Å²) >= 11 is 7.18. The number of nitrogens with one attached hydrogen (secondary N) is 2. The number of halogens is 1. The monoisotopic (exact) mass is 410 g/mol. The largest absolute Gasteiger partial charge is 0.326 e. The van der Waals surface area contributed by atoms with Crippen LogP contribution in [0.4, 0.5) is 0 Å². The zero-order chi connectivity index (χ0) is 19.7. The van der Waals surface area contributed by atoms with Crippen LogP contribution in [-0.4, -0.2) is 21.4 Å². The van der Waals surface area contributed by atoms with Crippen molar-refractivity contribution in [2.24, 2.45) is 7.05 Å². The number of rotatable bonds is 3. The number of hydrogen-bond acceptors (Lipinski definition) is 4. The molecule has 2 aromatic heterocycles. The highest BCUT2D eigenvalue weighted by Crippen LogP contribution is 2.29. The van der Waals surface area contributed by atoms with Gasteiger partial charge in [-0.1, -0.05) is 29.8 Å². The molecular weight excluding hydrogens is 396 g/mol. The Labute approximate surface area is 169 Å². The maximum atomic E-state index is 12.4. The normalized spacial score (nSPS) is 10.8. The molecule has 140 valence electrons. The molecule has 2 amide bonds. The smallest absolute Gasteiger partial charge is 0.279 e. The topological polar surface area (TPSA) is 76.0 Å². The fourth-order valence-electron chi connectivity index (χ4n) is 2.82. The van der Waals surface area contributed by atoms with E-state index in [4.69, 9.17) is 11.6 Å². The summed E-state index contributed by atoms with van der Waals surface area (Å²) < 4.78 is 1.99. The summed E-state index contributed by atoms with van der Waals surface area (Å²) in [6, 6.07) is 17.9. The number of aryl methyl sites for hydroxylation is 1. The zero-order valence-corrected chi connectivity index (χ0v) is 16.3. The molecule has 4 rings (SSSR count). The summed E-state index contributed by atoms with van der Waals surface area (Å²) in [4.78, 5) is 30.5. The molecule has 2 aromatic carbocycles. The number of aromatic nitrogens is 2. The number of imidazole rings is 1. The van der Waals surface area contributed by atoms with Gasteiger partial charge in [-0.3, -0.25) is 20.4 Å². The number of carbonyl (C=O) groups is 2. The fourth-order valence-corrected chi connectivity index (χ4v) is 3.94. The van der Waals surface area contributed by atoms with E-state index in [-0.39, 0.29) is 0 Å². The van der Waals surface area contributed by atoms with Crippen molar-refractivity contribution in [2.45, 2.75) is 0 Å². The van der Waals surface area contributed by atoms with E-state index in [0.29, 0.717) is 15.5 Å². The van der Waals surface area contributed by atoms with Crippen LogP contribution in [0.5, 0.6) is 0 Å². The molecule has 2 heterocycles. The van der Waals surface area contributed by atoms with Gasteiger partial charge in [0.25, 0.3) is 11.8 Å². The SMILES string of the molecule is Cn1c(-c2ccc(C(=O)NNC(=O)c3cccc(Cl)c3)s2)nc2ccccc21. The maximum Gasteiger partial charge on any atom is 0.279 e. The second-order valence-corrected chi connectivity index (χ2v) is 7.59. The Morgan fingerprint density at radius 2 is 1.79 bits per heavy atom. The molecule has 0 bridgehead atoms. The third-order valence-electron chi connectivity index (χ3n) is 4.21. The molecule has 8 heteroatoms. The Kier molecular flexibility index (Phi) is 4.85. The average Bonchev–Trinajstić information content (AvgIpc) is 3.31. The Morgan fingerprint density at radius 3 is 2.57 bits per heavy atom. The highest BCUT2D eigenvalue weighted by atomic mass is 35.5. The molecule has 0 aliphatic heterocycles. The summed E-state index contributed by atoms with van der Waals surface area (Å²) in [5, 5.41) is 0.448. The highest BCUT2D eigenvalue weighted by molar-refractivity contribution is 7.17. The molecule has 2 N–H and O–H groups in total. The van der Waals surface area contributed by atoms with Crippen molar-refractivity contribution in [2.75, 3.05) is 0 Å². The summed E-state index contributed by atoms with van der Waals surface area (Å²) in [6.45, 7) is 0. The van der Waals surface area contributed by atoms with Gasteiger partial charge >= 0.3 is 0 Å². The van der Waals surface area contributed by atoms with Crippen molar-refractivity contribution in [1.82, 2.24) is 20.4 Å². The number of amides is 2. The molecule has 0 fully saturated rings. The van der Waals surface area contributed by atoms with E-state index in [2.05, 4.69) is 15.8 Å². The molecule has 0 aliphatic rings. The molecule has 0 atom stereocenters. The standard InChI is InChI=1S/C20H15ClN4O2S/c1-25-15-8-3-2-7-14(15)22-18(25)16-9-10-17(28-16)20(27)24-23-19(26)12-5-4-6-13(21)11-12/h2-11H,1H3,(H,23,26)(H,24,27). The van der Waals surface area contributed by atoms with E-state index in [0.717, 1.165) is 21.7 Å². The van der Waals surface area contributed by atoms with Gasteiger partial charge in [-0.2, -0.15) is 0 Å².